The molecule has 0 bridgehead atoms. The lowest BCUT2D eigenvalue weighted by Crippen LogP contribution is -2.42. The van der Waals surface area contributed by atoms with Crippen LogP contribution in [0.2, 0.25) is 0 Å². The molecule has 2 aromatic carbocycles. The second kappa shape index (κ2) is 8.36. The van der Waals surface area contributed by atoms with Gasteiger partial charge in [0.2, 0.25) is 0 Å². The number of benzene rings is 2. The molecule has 3 atom stereocenters. The van der Waals surface area contributed by atoms with E-state index >= 15 is 0 Å². The number of methoxy groups -OCH3 is 1. The van der Waals surface area contributed by atoms with Gasteiger partial charge in [-0.05, 0) is 54.3 Å². The highest BCUT2D eigenvalue weighted by molar-refractivity contribution is 7.91. The number of aromatic hydroxyl groups is 1. The largest absolute Gasteiger partial charge is 0.508 e. The molecule has 2 aromatic rings. The Kier molecular flexibility index (Phi) is 6.24. The summed E-state index contributed by atoms with van der Waals surface area (Å²) < 4.78 is 32.2. The predicted molar refractivity (Wildman–Crippen MR) is 113 cm³/mol. The van der Waals surface area contributed by atoms with E-state index in [1.165, 1.54) is 7.11 Å². The molecule has 0 saturated heterocycles. The summed E-state index contributed by atoms with van der Waals surface area (Å²) >= 11 is 0. The van der Waals surface area contributed by atoms with Crippen molar-refractivity contribution in [1.29, 1.82) is 0 Å². The van der Waals surface area contributed by atoms with Gasteiger partial charge in [-0.3, -0.25) is 0 Å². The molecule has 0 saturated carbocycles. The van der Waals surface area contributed by atoms with Crippen molar-refractivity contribution in [3.63, 3.8) is 0 Å². The van der Waals surface area contributed by atoms with E-state index in [4.69, 9.17) is 4.74 Å². The molecule has 1 heterocycles. The van der Waals surface area contributed by atoms with Crippen LogP contribution in [0.3, 0.4) is 0 Å². The van der Waals surface area contributed by atoms with Crippen LogP contribution >= 0.6 is 0 Å². The topological polar surface area (TPSA) is 83.8 Å². The maximum atomic E-state index is 13.4. The molecular formula is C23H30O5S. The van der Waals surface area contributed by atoms with Crippen molar-refractivity contribution < 1.29 is 23.4 Å². The third-order valence-corrected chi connectivity index (χ3v) is 8.29. The summed E-state index contributed by atoms with van der Waals surface area (Å²) in [4.78, 5) is 0.252. The Labute approximate surface area is 173 Å². The second-order valence-corrected chi connectivity index (χ2v) is 9.95. The molecule has 0 radical (unpaired) electrons. The molecule has 1 aliphatic rings. The van der Waals surface area contributed by atoms with E-state index in [2.05, 4.69) is 6.92 Å². The average molecular weight is 419 g/mol. The Bertz CT molecular complexity index is 952. The molecular weight excluding hydrogens is 388 g/mol. The number of hydrogen-bond donors (Lipinski definition) is 2. The first-order chi connectivity index (χ1) is 13.8. The van der Waals surface area contributed by atoms with Crippen molar-refractivity contribution in [2.24, 2.45) is 5.41 Å². The van der Waals surface area contributed by atoms with Gasteiger partial charge in [-0.15, -0.1) is 0 Å². The van der Waals surface area contributed by atoms with Crippen molar-refractivity contribution in [3.8, 4) is 11.5 Å². The summed E-state index contributed by atoms with van der Waals surface area (Å²) in [6.07, 6.45) is 2.10. The maximum absolute atomic E-state index is 13.4. The first kappa shape index (κ1) is 21.7. The van der Waals surface area contributed by atoms with E-state index in [0.717, 1.165) is 18.4 Å². The fraction of sp³-hybridized carbons (Fsp3) is 0.478. The maximum Gasteiger partial charge on any atom is 0.179 e. The monoisotopic (exact) mass is 418 g/mol. The Hall–Kier alpha value is -2.05. The summed E-state index contributed by atoms with van der Waals surface area (Å²) in [7, 11) is -2.06. The van der Waals surface area contributed by atoms with Crippen LogP contribution in [-0.4, -0.2) is 37.6 Å². The summed E-state index contributed by atoms with van der Waals surface area (Å²) in [5.74, 6) is 0.0660. The normalized spacial score (nSPS) is 25.8. The number of unbranched alkanes of at least 4 members (excludes halogenated alkanes) is 1. The van der Waals surface area contributed by atoms with Gasteiger partial charge in [-0.25, -0.2) is 8.42 Å². The fourth-order valence-corrected chi connectivity index (χ4v) is 6.78. The molecule has 0 aliphatic carbocycles. The van der Waals surface area contributed by atoms with Crippen molar-refractivity contribution in [1.82, 2.24) is 0 Å². The van der Waals surface area contributed by atoms with Crippen molar-refractivity contribution >= 4 is 9.84 Å². The van der Waals surface area contributed by atoms with Gasteiger partial charge in [-0.2, -0.15) is 0 Å². The van der Waals surface area contributed by atoms with Crippen LogP contribution in [0.15, 0.2) is 47.4 Å². The summed E-state index contributed by atoms with van der Waals surface area (Å²) in [6.45, 7) is 4.02. The van der Waals surface area contributed by atoms with Gasteiger partial charge in [0, 0.05) is 11.3 Å². The molecule has 6 heteroatoms. The highest BCUT2D eigenvalue weighted by atomic mass is 32.2. The Morgan fingerprint density at radius 3 is 2.41 bits per heavy atom. The van der Waals surface area contributed by atoms with Crippen LogP contribution in [0.1, 0.15) is 56.6 Å². The number of sulfone groups is 1. The minimum Gasteiger partial charge on any atom is -0.508 e. The van der Waals surface area contributed by atoms with Crippen LogP contribution in [0.5, 0.6) is 11.5 Å². The number of rotatable bonds is 6. The third-order valence-electron chi connectivity index (χ3n) is 6.29. The van der Waals surface area contributed by atoms with Crippen LogP contribution < -0.4 is 4.74 Å². The Balaban J connectivity index is 2.29. The zero-order chi connectivity index (χ0) is 21.2. The van der Waals surface area contributed by atoms with E-state index < -0.39 is 27.3 Å². The quantitative estimate of drug-likeness (QED) is 0.732. The molecule has 3 rings (SSSR count). The van der Waals surface area contributed by atoms with Gasteiger partial charge in [0.15, 0.2) is 9.84 Å². The van der Waals surface area contributed by atoms with Crippen molar-refractivity contribution in [3.05, 3.63) is 53.6 Å². The summed E-state index contributed by atoms with van der Waals surface area (Å²) in [5, 5.41) is 21.4. The highest BCUT2D eigenvalue weighted by Crippen LogP contribution is 2.49. The lowest BCUT2D eigenvalue weighted by Gasteiger charge is -2.39. The molecule has 0 amide bonds. The Morgan fingerprint density at radius 1 is 1.14 bits per heavy atom. The zero-order valence-electron chi connectivity index (χ0n) is 17.3. The fourth-order valence-electron chi connectivity index (χ4n) is 4.53. The first-order valence-electron chi connectivity index (χ1n) is 10.2. The van der Waals surface area contributed by atoms with E-state index in [1.54, 1.807) is 42.5 Å². The molecule has 29 heavy (non-hydrogen) atoms. The molecule has 3 unspecified atom stereocenters. The number of ether oxygens (including phenoxy) is 1. The average Bonchev–Trinajstić information content (AvgIpc) is 2.78. The van der Waals surface area contributed by atoms with Crippen LogP contribution in [0.4, 0.5) is 0 Å². The van der Waals surface area contributed by atoms with Crippen LogP contribution in [-0.2, 0) is 9.84 Å². The molecule has 5 nitrogen and oxygen atoms in total. The second-order valence-electron chi connectivity index (χ2n) is 8.00. The highest BCUT2D eigenvalue weighted by Gasteiger charge is 2.48. The van der Waals surface area contributed by atoms with Gasteiger partial charge >= 0.3 is 0 Å². The van der Waals surface area contributed by atoms with E-state index in [1.807, 2.05) is 6.92 Å². The number of phenolic OH excluding ortho intramolecular Hbond substituents is 1. The van der Waals surface area contributed by atoms with E-state index in [0.29, 0.717) is 24.2 Å². The number of aliphatic hydroxyl groups is 1. The summed E-state index contributed by atoms with van der Waals surface area (Å²) in [5.41, 5.74) is 0.578. The van der Waals surface area contributed by atoms with Crippen molar-refractivity contribution in [2.45, 2.75) is 56.4 Å². The molecule has 158 valence electrons. The van der Waals surface area contributed by atoms with Gasteiger partial charge in [0.05, 0.1) is 23.9 Å². The smallest absolute Gasteiger partial charge is 0.179 e. The van der Waals surface area contributed by atoms with Gasteiger partial charge in [0.25, 0.3) is 0 Å². The third kappa shape index (κ3) is 4.01. The molecule has 0 fully saturated rings. The molecule has 2 N–H and O–H groups in total. The number of hydrogen-bond acceptors (Lipinski definition) is 5. The summed E-state index contributed by atoms with van der Waals surface area (Å²) in [6, 6.07) is 11.6. The van der Waals surface area contributed by atoms with Crippen molar-refractivity contribution in [2.75, 3.05) is 12.9 Å². The Morgan fingerprint density at radius 2 is 1.83 bits per heavy atom. The number of aliphatic hydroxyl groups excluding tert-OH is 1. The van der Waals surface area contributed by atoms with E-state index in [-0.39, 0.29) is 16.4 Å². The van der Waals surface area contributed by atoms with E-state index in [9.17, 15) is 18.6 Å². The predicted octanol–water partition coefficient (Wildman–Crippen LogP) is 4.27. The minimum absolute atomic E-state index is 0.0778. The molecule has 1 aliphatic heterocycles. The van der Waals surface area contributed by atoms with Crippen LogP contribution in [0, 0.1) is 5.41 Å². The number of fused-ring (bicyclic) bond motifs is 1. The van der Waals surface area contributed by atoms with Gasteiger partial charge < -0.3 is 14.9 Å². The molecule has 0 aromatic heterocycles. The zero-order valence-corrected chi connectivity index (χ0v) is 18.1. The lowest BCUT2D eigenvalue weighted by atomic mass is 9.69. The van der Waals surface area contributed by atoms with Crippen LogP contribution in [0.25, 0.3) is 0 Å². The van der Waals surface area contributed by atoms with Gasteiger partial charge in [-0.1, -0.05) is 38.8 Å². The SMILES string of the molecule is CCCCC1(CC)CS(=O)(=O)c2ccc(OC)cc2C(c2ccc(O)cc2)C1O. The number of phenols is 1. The van der Waals surface area contributed by atoms with Gasteiger partial charge in [0.1, 0.15) is 11.5 Å². The minimum atomic E-state index is -3.60. The molecule has 0 spiro atoms. The first-order valence-corrected chi connectivity index (χ1v) is 11.8. The standard InChI is InChI=1S/C23H30O5S/c1-4-6-13-23(5-2)15-29(26,27)20-12-11-18(28-3)14-19(20)21(22(23)25)16-7-9-17(24)10-8-16/h7-12,14,21-22,24-25H,4-6,13,15H2,1-3H3. The lowest BCUT2D eigenvalue weighted by molar-refractivity contribution is 0.0173.